The lowest BCUT2D eigenvalue weighted by Gasteiger charge is -2.12. The Morgan fingerprint density at radius 1 is 1.31 bits per heavy atom. The van der Waals surface area contributed by atoms with E-state index in [-0.39, 0.29) is 22.0 Å². The van der Waals surface area contributed by atoms with E-state index in [1.165, 1.54) is 17.4 Å². The molecule has 3 aromatic rings. The van der Waals surface area contributed by atoms with E-state index in [0.29, 0.717) is 27.4 Å². The minimum atomic E-state index is -4.88. The van der Waals surface area contributed by atoms with Crippen LogP contribution in [-0.4, -0.2) is 10.9 Å². The van der Waals surface area contributed by atoms with Crippen LogP contribution in [0.1, 0.15) is 20.9 Å². The molecule has 3 N–H and O–H groups in total. The summed E-state index contributed by atoms with van der Waals surface area (Å²) >= 11 is 7.43. The topological polar surface area (TPSA) is 68.0 Å². The monoisotopic (exact) mass is 403 g/mol. The number of benzene rings is 2. The molecule has 0 saturated carbocycles. The molecule has 0 bridgehead atoms. The van der Waals surface area contributed by atoms with Gasteiger partial charge in [-0.25, -0.2) is 9.37 Å². The predicted octanol–water partition coefficient (Wildman–Crippen LogP) is 5.25. The number of aromatic nitrogens is 1. The molecule has 0 aliphatic carbocycles. The van der Waals surface area contributed by atoms with Gasteiger partial charge in [0, 0.05) is 5.69 Å². The van der Waals surface area contributed by atoms with E-state index in [2.05, 4.69) is 10.3 Å². The molecule has 0 atom stereocenters. The summed E-state index contributed by atoms with van der Waals surface area (Å²) in [6, 6.07) is 3.63. The first-order chi connectivity index (χ1) is 12.1. The van der Waals surface area contributed by atoms with Crippen LogP contribution in [0.2, 0.25) is 5.02 Å². The second kappa shape index (κ2) is 6.40. The maximum atomic E-state index is 13.3. The van der Waals surface area contributed by atoms with Gasteiger partial charge in [-0.3, -0.25) is 4.79 Å². The highest BCUT2D eigenvalue weighted by Gasteiger charge is 2.34. The van der Waals surface area contributed by atoms with Crippen LogP contribution >= 0.6 is 22.9 Å². The summed E-state index contributed by atoms with van der Waals surface area (Å²) in [5.74, 6) is -2.20. The second-order valence-electron chi connectivity index (χ2n) is 5.38. The van der Waals surface area contributed by atoms with Gasteiger partial charge >= 0.3 is 6.18 Å². The minimum absolute atomic E-state index is 0.0102. The van der Waals surface area contributed by atoms with Crippen molar-refractivity contribution < 1.29 is 22.4 Å². The lowest BCUT2D eigenvalue weighted by Crippen LogP contribution is -2.16. The normalized spacial score (nSPS) is 11.8. The molecule has 26 heavy (non-hydrogen) atoms. The standard InChI is InChI=1S/C16H10ClF4N3OS/c1-6-23-14-11(26-6)5-8(13(22)12(14)17)15(25)24-7-2-3-10(18)9(4-7)16(19,20)21/h2-5H,22H2,1H3,(H,24,25). The molecule has 1 heterocycles. The highest BCUT2D eigenvalue weighted by molar-refractivity contribution is 7.18. The zero-order valence-electron chi connectivity index (χ0n) is 13.0. The number of thiazole rings is 1. The molecular weight excluding hydrogens is 394 g/mol. The highest BCUT2D eigenvalue weighted by Crippen LogP contribution is 2.36. The molecule has 3 rings (SSSR count). The average molecular weight is 404 g/mol. The van der Waals surface area contributed by atoms with Crippen molar-refractivity contribution in [3.63, 3.8) is 0 Å². The zero-order valence-corrected chi connectivity index (χ0v) is 14.6. The maximum absolute atomic E-state index is 13.3. The minimum Gasteiger partial charge on any atom is -0.397 e. The number of hydrogen-bond acceptors (Lipinski definition) is 4. The molecular formula is C16H10ClF4N3OS. The largest absolute Gasteiger partial charge is 0.419 e. The van der Waals surface area contributed by atoms with Crippen LogP contribution < -0.4 is 11.1 Å². The van der Waals surface area contributed by atoms with E-state index < -0.39 is 23.5 Å². The number of carbonyl (C=O) groups excluding carboxylic acids is 1. The summed E-state index contributed by atoms with van der Waals surface area (Å²) in [7, 11) is 0. The molecule has 2 aromatic carbocycles. The van der Waals surface area contributed by atoms with Gasteiger partial charge in [0.15, 0.2) is 0 Å². The zero-order chi connectivity index (χ0) is 19.2. The second-order valence-corrected chi connectivity index (χ2v) is 6.99. The molecule has 136 valence electrons. The summed E-state index contributed by atoms with van der Waals surface area (Å²) in [6.07, 6.45) is -4.88. The van der Waals surface area contributed by atoms with Gasteiger partial charge in [0.1, 0.15) is 11.3 Å². The van der Waals surface area contributed by atoms with E-state index >= 15 is 0 Å². The van der Waals surface area contributed by atoms with Crippen LogP contribution in [0.4, 0.5) is 28.9 Å². The van der Waals surface area contributed by atoms with Crippen molar-refractivity contribution in [1.29, 1.82) is 0 Å². The van der Waals surface area contributed by atoms with Crippen molar-refractivity contribution in [3.8, 4) is 0 Å². The summed E-state index contributed by atoms with van der Waals surface area (Å²) in [5, 5.41) is 3.08. The quantitative estimate of drug-likeness (QED) is 0.453. The molecule has 4 nitrogen and oxygen atoms in total. The summed E-state index contributed by atoms with van der Waals surface area (Å²) < 4.78 is 52.3. The molecule has 0 fully saturated rings. The molecule has 0 radical (unpaired) electrons. The lowest BCUT2D eigenvalue weighted by molar-refractivity contribution is -0.139. The van der Waals surface area contributed by atoms with Crippen molar-refractivity contribution in [2.24, 2.45) is 0 Å². The van der Waals surface area contributed by atoms with Gasteiger partial charge in [-0.2, -0.15) is 13.2 Å². The first-order valence-corrected chi connectivity index (χ1v) is 8.30. The Kier molecular flexibility index (Phi) is 4.53. The van der Waals surface area contributed by atoms with Crippen molar-refractivity contribution in [2.45, 2.75) is 13.1 Å². The van der Waals surface area contributed by atoms with E-state index in [4.69, 9.17) is 17.3 Å². The SMILES string of the molecule is Cc1nc2c(Cl)c(N)c(C(=O)Nc3ccc(F)c(C(F)(F)F)c3)cc2s1. The van der Waals surface area contributed by atoms with E-state index in [9.17, 15) is 22.4 Å². The number of rotatable bonds is 2. The number of anilines is 2. The van der Waals surface area contributed by atoms with Gasteiger partial charge in [0.2, 0.25) is 0 Å². The third-order valence-corrected chi connectivity index (χ3v) is 4.84. The number of amides is 1. The van der Waals surface area contributed by atoms with Crippen LogP contribution in [0.15, 0.2) is 24.3 Å². The number of hydrogen-bond donors (Lipinski definition) is 2. The Morgan fingerprint density at radius 3 is 2.65 bits per heavy atom. The molecule has 0 spiro atoms. The highest BCUT2D eigenvalue weighted by atomic mass is 35.5. The third kappa shape index (κ3) is 3.32. The Labute approximate surface area is 153 Å². The Hall–Kier alpha value is -2.39. The number of halogens is 5. The first-order valence-electron chi connectivity index (χ1n) is 7.11. The molecule has 0 saturated heterocycles. The number of nitrogens with zero attached hydrogens (tertiary/aromatic N) is 1. The van der Waals surface area contributed by atoms with Gasteiger partial charge in [0.05, 0.1) is 31.5 Å². The molecule has 0 unspecified atom stereocenters. The number of alkyl halides is 3. The van der Waals surface area contributed by atoms with E-state index in [1.807, 2.05) is 0 Å². The number of nitrogen functional groups attached to an aromatic ring is 1. The van der Waals surface area contributed by atoms with Crippen molar-refractivity contribution in [2.75, 3.05) is 11.1 Å². The fourth-order valence-corrected chi connectivity index (χ4v) is 3.54. The maximum Gasteiger partial charge on any atom is 0.419 e. The van der Waals surface area contributed by atoms with Crippen LogP contribution in [0, 0.1) is 12.7 Å². The molecule has 1 amide bonds. The molecule has 0 aliphatic rings. The average Bonchev–Trinajstić information content (AvgIpc) is 2.92. The number of aryl methyl sites for hydroxylation is 1. The van der Waals surface area contributed by atoms with Gasteiger partial charge in [-0.1, -0.05) is 11.6 Å². The van der Waals surface area contributed by atoms with Crippen LogP contribution in [-0.2, 0) is 6.18 Å². The summed E-state index contributed by atoms with van der Waals surface area (Å²) in [4.78, 5) is 16.7. The fraction of sp³-hybridized carbons (Fsp3) is 0.125. The van der Waals surface area contributed by atoms with Crippen molar-refractivity contribution >= 4 is 50.4 Å². The van der Waals surface area contributed by atoms with Crippen LogP contribution in [0.3, 0.4) is 0 Å². The predicted molar refractivity (Wildman–Crippen MR) is 93.1 cm³/mol. The Morgan fingerprint density at radius 2 is 2.00 bits per heavy atom. The third-order valence-electron chi connectivity index (χ3n) is 3.54. The van der Waals surface area contributed by atoms with Crippen molar-refractivity contribution in [1.82, 2.24) is 4.98 Å². The first kappa shape index (κ1) is 18.4. The van der Waals surface area contributed by atoms with Gasteiger partial charge in [-0.05, 0) is 31.2 Å². The Balaban J connectivity index is 1.99. The van der Waals surface area contributed by atoms with Gasteiger partial charge < -0.3 is 11.1 Å². The summed E-state index contributed by atoms with van der Waals surface area (Å²) in [6.45, 7) is 1.76. The number of fused-ring (bicyclic) bond motifs is 1. The fourth-order valence-electron chi connectivity index (χ4n) is 2.36. The van der Waals surface area contributed by atoms with Gasteiger partial charge in [0.25, 0.3) is 5.91 Å². The van der Waals surface area contributed by atoms with Gasteiger partial charge in [-0.15, -0.1) is 11.3 Å². The number of carbonyl (C=O) groups is 1. The number of nitrogens with two attached hydrogens (primary N) is 1. The van der Waals surface area contributed by atoms with Crippen molar-refractivity contribution in [3.05, 3.63) is 51.2 Å². The smallest absolute Gasteiger partial charge is 0.397 e. The lowest BCUT2D eigenvalue weighted by atomic mass is 10.1. The molecule has 1 aromatic heterocycles. The Bertz CT molecular complexity index is 1030. The molecule has 10 heteroatoms. The van der Waals surface area contributed by atoms with Crippen LogP contribution in [0.25, 0.3) is 10.2 Å². The summed E-state index contributed by atoms with van der Waals surface area (Å²) in [5.41, 5.74) is 4.57. The number of nitrogens with one attached hydrogen (secondary N) is 1. The van der Waals surface area contributed by atoms with Crippen LogP contribution in [0.5, 0.6) is 0 Å². The van der Waals surface area contributed by atoms with E-state index in [0.717, 1.165) is 6.07 Å². The molecule has 0 aliphatic heterocycles. The van der Waals surface area contributed by atoms with E-state index in [1.54, 1.807) is 6.92 Å².